The van der Waals surface area contributed by atoms with Crippen LogP contribution in [-0.2, 0) is 17.5 Å². The highest BCUT2D eigenvalue weighted by atomic mass is 19.4. The second-order valence-electron chi connectivity index (χ2n) is 7.21. The van der Waals surface area contributed by atoms with Crippen molar-refractivity contribution < 1.29 is 18.0 Å². The van der Waals surface area contributed by atoms with Gasteiger partial charge < -0.3 is 4.90 Å². The fourth-order valence-electron chi connectivity index (χ4n) is 3.28. The van der Waals surface area contributed by atoms with E-state index in [0.29, 0.717) is 57.9 Å². The Labute approximate surface area is 164 Å². The van der Waals surface area contributed by atoms with Crippen molar-refractivity contribution in [2.24, 2.45) is 5.92 Å². The van der Waals surface area contributed by atoms with Gasteiger partial charge in [0.15, 0.2) is 0 Å². The van der Waals surface area contributed by atoms with Gasteiger partial charge in [0.1, 0.15) is 0 Å². The lowest BCUT2D eigenvalue weighted by molar-refractivity contribution is -0.137. The van der Waals surface area contributed by atoms with Crippen molar-refractivity contribution in [1.82, 2.24) is 14.7 Å². The second kappa shape index (κ2) is 9.89. The largest absolute Gasteiger partial charge is 0.416 e. The molecule has 0 saturated carbocycles. The maximum Gasteiger partial charge on any atom is 0.416 e. The molecule has 0 aliphatic carbocycles. The molecule has 2 rings (SSSR count). The summed E-state index contributed by atoms with van der Waals surface area (Å²) < 4.78 is 38.5. The minimum atomic E-state index is -4.33. The Bertz CT molecular complexity index is 693. The van der Waals surface area contributed by atoms with E-state index in [0.717, 1.165) is 6.07 Å². The highest BCUT2D eigenvalue weighted by molar-refractivity contribution is 5.78. The first-order chi connectivity index (χ1) is 13.2. The van der Waals surface area contributed by atoms with Crippen molar-refractivity contribution in [2.75, 3.05) is 45.8 Å². The molecular formula is C20H27F3N4O. The van der Waals surface area contributed by atoms with E-state index in [-0.39, 0.29) is 11.8 Å². The maximum absolute atomic E-state index is 12.8. The van der Waals surface area contributed by atoms with Crippen LogP contribution in [0.5, 0.6) is 0 Å². The van der Waals surface area contributed by atoms with Gasteiger partial charge in [-0.2, -0.15) is 18.4 Å². The van der Waals surface area contributed by atoms with Gasteiger partial charge in [0, 0.05) is 45.8 Å². The van der Waals surface area contributed by atoms with Gasteiger partial charge in [-0.1, -0.05) is 18.2 Å². The van der Waals surface area contributed by atoms with Gasteiger partial charge in [-0.15, -0.1) is 0 Å². The molecule has 0 aromatic heterocycles. The molecule has 1 atom stereocenters. The van der Waals surface area contributed by atoms with E-state index in [1.165, 1.54) is 12.1 Å². The number of nitrogens with zero attached hydrogens (tertiary/aromatic N) is 4. The lowest BCUT2D eigenvalue weighted by Crippen LogP contribution is -2.50. The fraction of sp³-hybridized carbons (Fsp3) is 0.600. The first-order valence-corrected chi connectivity index (χ1v) is 9.51. The molecule has 0 bridgehead atoms. The predicted molar refractivity (Wildman–Crippen MR) is 100 cm³/mol. The molecule has 1 fully saturated rings. The Kier molecular flexibility index (Phi) is 7.84. The first kappa shape index (κ1) is 22.2. The molecule has 1 aromatic carbocycles. The van der Waals surface area contributed by atoms with Gasteiger partial charge in [-0.25, -0.2) is 0 Å². The Balaban J connectivity index is 1.83. The molecule has 5 nitrogen and oxygen atoms in total. The van der Waals surface area contributed by atoms with Gasteiger partial charge >= 0.3 is 6.18 Å². The third-order valence-corrected chi connectivity index (χ3v) is 4.93. The maximum atomic E-state index is 12.8. The summed E-state index contributed by atoms with van der Waals surface area (Å²) >= 11 is 0. The molecule has 154 valence electrons. The molecule has 0 radical (unpaired) electrons. The van der Waals surface area contributed by atoms with Crippen molar-refractivity contribution in [3.8, 4) is 6.07 Å². The monoisotopic (exact) mass is 396 g/mol. The number of carbonyl (C=O) groups excluding carboxylic acids is 1. The molecule has 8 heteroatoms. The van der Waals surface area contributed by atoms with Crippen LogP contribution in [0.15, 0.2) is 24.3 Å². The summed E-state index contributed by atoms with van der Waals surface area (Å²) in [7, 11) is 0. The number of rotatable bonds is 7. The average Bonchev–Trinajstić information content (AvgIpc) is 2.66. The average molecular weight is 396 g/mol. The Hall–Kier alpha value is -2.11. The Morgan fingerprint density at radius 1 is 1.25 bits per heavy atom. The smallest absolute Gasteiger partial charge is 0.341 e. The topological polar surface area (TPSA) is 50.6 Å². The zero-order chi connectivity index (χ0) is 20.7. The number of halogens is 3. The lowest BCUT2D eigenvalue weighted by Gasteiger charge is -2.35. The molecule has 0 spiro atoms. The van der Waals surface area contributed by atoms with Crippen molar-refractivity contribution in [1.29, 1.82) is 5.26 Å². The number of nitriles is 1. The summed E-state index contributed by atoms with van der Waals surface area (Å²) in [6.45, 7) is 8.25. The molecule has 28 heavy (non-hydrogen) atoms. The highest BCUT2D eigenvalue weighted by Crippen LogP contribution is 2.29. The van der Waals surface area contributed by atoms with E-state index < -0.39 is 11.7 Å². The summed E-state index contributed by atoms with van der Waals surface area (Å²) in [5, 5.41) is 8.93. The molecule has 1 saturated heterocycles. The highest BCUT2D eigenvalue weighted by Gasteiger charge is 2.30. The number of benzene rings is 1. The summed E-state index contributed by atoms with van der Waals surface area (Å²) in [5.41, 5.74) is 0.0162. The number of amides is 1. The number of piperazine rings is 1. The first-order valence-electron chi connectivity index (χ1n) is 9.51. The number of alkyl halides is 3. The Morgan fingerprint density at radius 2 is 1.89 bits per heavy atom. The third kappa shape index (κ3) is 6.50. The molecule has 1 unspecified atom stereocenters. The SMILES string of the molecule is CCN(CC(C)C#N)C(=O)CN1CCN(Cc2cccc(C(F)(F)F)c2)CC1. The van der Waals surface area contributed by atoms with Gasteiger partial charge in [0.05, 0.1) is 24.1 Å². The van der Waals surface area contributed by atoms with E-state index in [1.54, 1.807) is 17.9 Å². The molecule has 1 heterocycles. The molecule has 1 aliphatic rings. The number of hydrogen-bond acceptors (Lipinski definition) is 4. The minimum absolute atomic E-state index is 0.0101. The van der Waals surface area contributed by atoms with E-state index >= 15 is 0 Å². The fourth-order valence-corrected chi connectivity index (χ4v) is 3.28. The number of hydrogen-bond donors (Lipinski definition) is 0. The van der Waals surface area contributed by atoms with Crippen LogP contribution >= 0.6 is 0 Å². The zero-order valence-electron chi connectivity index (χ0n) is 16.4. The minimum Gasteiger partial charge on any atom is -0.341 e. The van der Waals surface area contributed by atoms with Crippen LogP contribution in [0.2, 0.25) is 0 Å². The molecule has 0 N–H and O–H groups in total. The molecule has 1 amide bonds. The molecule has 1 aliphatic heterocycles. The number of likely N-dealkylation sites (N-methyl/N-ethyl adjacent to an activating group) is 1. The number of carbonyl (C=O) groups is 1. The van der Waals surface area contributed by atoms with E-state index in [1.807, 2.05) is 6.92 Å². The van der Waals surface area contributed by atoms with Gasteiger partial charge in [0.25, 0.3) is 0 Å². The van der Waals surface area contributed by atoms with Crippen LogP contribution in [0, 0.1) is 17.2 Å². The normalized spacial score (nSPS) is 17.1. The van der Waals surface area contributed by atoms with Crippen molar-refractivity contribution in [3.05, 3.63) is 35.4 Å². The summed E-state index contributed by atoms with van der Waals surface area (Å²) in [6.07, 6.45) is -4.33. The van der Waals surface area contributed by atoms with E-state index in [2.05, 4.69) is 15.9 Å². The summed E-state index contributed by atoms with van der Waals surface area (Å²) in [6, 6.07) is 7.58. The van der Waals surface area contributed by atoms with Crippen LogP contribution in [0.3, 0.4) is 0 Å². The van der Waals surface area contributed by atoms with Crippen molar-refractivity contribution in [3.63, 3.8) is 0 Å². The molecular weight excluding hydrogens is 369 g/mol. The van der Waals surface area contributed by atoms with Crippen LogP contribution < -0.4 is 0 Å². The predicted octanol–water partition coefficient (Wildman–Crippen LogP) is 2.83. The van der Waals surface area contributed by atoms with Gasteiger partial charge in [0.2, 0.25) is 5.91 Å². The van der Waals surface area contributed by atoms with Crippen LogP contribution in [-0.4, -0.2) is 66.4 Å². The quantitative estimate of drug-likeness (QED) is 0.711. The Morgan fingerprint density at radius 3 is 2.46 bits per heavy atom. The summed E-state index contributed by atoms with van der Waals surface area (Å²) in [4.78, 5) is 18.3. The zero-order valence-corrected chi connectivity index (χ0v) is 16.4. The molecule has 1 aromatic rings. The van der Waals surface area contributed by atoms with Crippen molar-refractivity contribution >= 4 is 5.91 Å². The third-order valence-electron chi connectivity index (χ3n) is 4.93. The van der Waals surface area contributed by atoms with Gasteiger partial charge in [-0.3, -0.25) is 14.6 Å². The van der Waals surface area contributed by atoms with Gasteiger partial charge in [-0.05, 0) is 25.5 Å². The summed E-state index contributed by atoms with van der Waals surface area (Å²) in [5.74, 6) is -0.191. The second-order valence-corrected chi connectivity index (χ2v) is 7.21. The van der Waals surface area contributed by atoms with E-state index in [9.17, 15) is 18.0 Å². The van der Waals surface area contributed by atoms with Crippen LogP contribution in [0.4, 0.5) is 13.2 Å². The van der Waals surface area contributed by atoms with Crippen molar-refractivity contribution in [2.45, 2.75) is 26.6 Å². The van der Waals surface area contributed by atoms with E-state index in [4.69, 9.17) is 5.26 Å². The van der Waals surface area contributed by atoms with Crippen LogP contribution in [0.1, 0.15) is 25.0 Å². The van der Waals surface area contributed by atoms with Crippen LogP contribution in [0.25, 0.3) is 0 Å². The lowest BCUT2D eigenvalue weighted by atomic mass is 10.1. The standard InChI is InChI=1S/C20H27F3N4O/c1-3-27(13-16(2)12-24)19(28)15-26-9-7-25(8-10-26)14-17-5-4-6-18(11-17)20(21,22)23/h4-6,11,16H,3,7-10,13-15H2,1-2H3.